The highest BCUT2D eigenvalue weighted by atomic mass is 15.4. The SMILES string of the molecule is CCNc1nc(N(C)C)nc(N(C)C2CCCCC2C)n1. The van der Waals surface area contributed by atoms with Crippen LogP contribution in [0.5, 0.6) is 0 Å². The molecule has 2 unspecified atom stereocenters. The molecule has 6 heteroatoms. The summed E-state index contributed by atoms with van der Waals surface area (Å²) in [6, 6.07) is 0.519. The molecule has 0 aromatic carbocycles. The molecule has 0 spiro atoms. The van der Waals surface area contributed by atoms with Crippen molar-refractivity contribution in [3.05, 3.63) is 0 Å². The summed E-state index contributed by atoms with van der Waals surface area (Å²) in [5.74, 6) is 2.81. The molecule has 1 fully saturated rings. The lowest BCUT2D eigenvalue weighted by Gasteiger charge is -2.36. The predicted octanol–water partition coefficient (Wildman–Crippen LogP) is 2.38. The van der Waals surface area contributed by atoms with Crippen molar-refractivity contribution in [1.82, 2.24) is 15.0 Å². The molecule has 1 N–H and O–H groups in total. The largest absolute Gasteiger partial charge is 0.354 e. The quantitative estimate of drug-likeness (QED) is 0.899. The number of anilines is 3. The lowest BCUT2D eigenvalue weighted by molar-refractivity contribution is 0.319. The summed E-state index contributed by atoms with van der Waals surface area (Å²) in [6.45, 7) is 5.19. The number of nitrogens with zero attached hydrogens (tertiary/aromatic N) is 5. The number of nitrogens with one attached hydrogen (secondary N) is 1. The van der Waals surface area contributed by atoms with Gasteiger partial charge in [0, 0.05) is 33.7 Å². The van der Waals surface area contributed by atoms with E-state index in [1.807, 2.05) is 25.9 Å². The van der Waals surface area contributed by atoms with Crippen molar-refractivity contribution in [2.75, 3.05) is 42.8 Å². The summed E-state index contributed by atoms with van der Waals surface area (Å²) in [5.41, 5.74) is 0. The van der Waals surface area contributed by atoms with Gasteiger partial charge in [0.15, 0.2) is 0 Å². The number of aromatic nitrogens is 3. The number of rotatable bonds is 5. The average Bonchev–Trinajstić information content (AvgIpc) is 2.47. The molecule has 1 aliphatic rings. The van der Waals surface area contributed by atoms with Crippen LogP contribution in [0.2, 0.25) is 0 Å². The van der Waals surface area contributed by atoms with E-state index in [0.29, 0.717) is 23.9 Å². The molecule has 1 aliphatic carbocycles. The molecule has 21 heavy (non-hydrogen) atoms. The van der Waals surface area contributed by atoms with Gasteiger partial charge in [-0.05, 0) is 25.7 Å². The van der Waals surface area contributed by atoms with E-state index in [0.717, 1.165) is 12.5 Å². The van der Waals surface area contributed by atoms with Gasteiger partial charge in [-0.1, -0.05) is 19.8 Å². The van der Waals surface area contributed by atoms with Gasteiger partial charge in [-0.15, -0.1) is 0 Å². The summed E-state index contributed by atoms with van der Waals surface area (Å²) in [4.78, 5) is 17.8. The molecule has 1 aromatic heterocycles. The minimum absolute atomic E-state index is 0.519. The summed E-state index contributed by atoms with van der Waals surface area (Å²) in [7, 11) is 6.02. The minimum Gasteiger partial charge on any atom is -0.354 e. The summed E-state index contributed by atoms with van der Waals surface area (Å²) < 4.78 is 0. The predicted molar refractivity (Wildman–Crippen MR) is 88.1 cm³/mol. The maximum absolute atomic E-state index is 4.61. The zero-order chi connectivity index (χ0) is 15.4. The molecule has 1 saturated carbocycles. The number of hydrogen-bond donors (Lipinski definition) is 1. The van der Waals surface area contributed by atoms with Gasteiger partial charge in [0.2, 0.25) is 17.8 Å². The van der Waals surface area contributed by atoms with E-state index in [9.17, 15) is 0 Å². The highest BCUT2D eigenvalue weighted by Gasteiger charge is 2.27. The Morgan fingerprint density at radius 3 is 2.33 bits per heavy atom. The third kappa shape index (κ3) is 3.74. The van der Waals surface area contributed by atoms with Crippen LogP contribution in [-0.2, 0) is 0 Å². The van der Waals surface area contributed by atoms with E-state index >= 15 is 0 Å². The first-order valence-corrected chi connectivity index (χ1v) is 7.93. The monoisotopic (exact) mass is 292 g/mol. The molecule has 0 radical (unpaired) electrons. The fourth-order valence-electron chi connectivity index (χ4n) is 2.97. The van der Waals surface area contributed by atoms with Crippen LogP contribution in [0, 0.1) is 5.92 Å². The van der Waals surface area contributed by atoms with Gasteiger partial charge in [0.05, 0.1) is 0 Å². The molecule has 1 aromatic rings. The van der Waals surface area contributed by atoms with Crippen LogP contribution >= 0.6 is 0 Å². The average molecular weight is 292 g/mol. The fourth-order valence-corrected chi connectivity index (χ4v) is 2.97. The molecule has 6 nitrogen and oxygen atoms in total. The highest BCUT2D eigenvalue weighted by molar-refractivity contribution is 5.44. The van der Waals surface area contributed by atoms with Gasteiger partial charge in [0.25, 0.3) is 0 Å². The second-order valence-corrected chi connectivity index (χ2v) is 6.12. The molecule has 0 bridgehead atoms. The lowest BCUT2D eigenvalue weighted by atomic mass is 9.85. The highest BCUT2D eigenvalue weighted by Crippen LogP contribution is 2.29. The first-order chi connectivity index (χ1) is 10.0. The zero-order valence-electron chi connectivity index (χ0n) is 13.9. The third-order valence-corrected chi connectivity index (χ3v) is 4.23. The molecule has 0 saturated heterocycles. The van der Waals surface area contributed by atoms with Crippen LogP contribution in [0.1, 0.15) is 39.5 Å². The van der Waals surface area contributed by atoms with Crippen molar-refractivity contribution in [1.29, 1.82) is 0 Å². The van der Waals surface area contributed by atoms with E-state index in [1.165, 1.54) is 25.7 Å². The number of hydrogen-bond acceptors (Lipinski definition) is 6. The van der Waals surface area contributed by atoms with E-state index in [2.05, 4.69) is 39.1 Å². The Bertz CT molecular complexity index is 461. The van der Waals surface area contributed by atoms with Crippen molar-refractivity contribution in [2.45, 2.75) is 45.6 Å². The Kier molecular flexibility index (Phi) is 5.20. The first kappa shape index (κ1) is 15.8. The standard InChI is InChI=1S/C15H28N6/c1-6-16-13-17-14(20(3)4)19-15(18-13)21(5)12-10-8-7-9-11(12)2/h11-12H,6-10H2,1-5H3,(H,16,17,18,19). The van der Waals surface area contributed by atoms with Crippen molar-refractivity contribution < 1.29 is 0 Å². The fraction of sp³-hybridized carbons (Fsp3) is 0.800. The first-order valence-electron chi connectivity index (χ1n) is 7.93. The van der Waals surface area contributed by atoms with Crippen molar-refractivity contribution >= 4 is 17.8 Å². The van der Waals surface area contributed by atoms with Gasteiger partial charge >= 0.3 is 0 Å². The molecule has 118 valence electrons. The molecular formula is C15H28N6. The van der Waals surface area contributed by atoms with Crippen molar-refractivity contribution in [3.63, 3.8) is 0 Å². The van der Waals surface area contributed by atoms with Crippen LogP contribution in [-0.4, -0.2) is 48.7 Å². The second-order valence-electron chi connectivity index (χ2n) is 6.12. The second kappa shape index (κ2) is 6.91. The molecule has 1 heterocycles. The Morgan fingerprint density at radius 1 is 1.05 bits per heavy atom. The van der Waals surface area contributed by atoms with Gasteiger partial charge in [-0.2, -0.15) is 15.0 Å². The van der Waals surface area contributed by atoms with Gasteiger partial charge in [0.1, 0.15) is 0 Å². The molecule has 0 aliphatic heterocycles. The summed E-state index contributed by atoms with van der Waals surface area (Å²) in [5, 5.41) is 3.20. The third-order valence-electron chi connectivity index (χ3n) is 4.23. The normalized spacial score (nSPS) is 22.0. The molecule has 0 amide bonds. The van der Waals surface area contributed by atoms with Crippen molar-refractivity contribution in [2.24, 2.45) is 5.92 Å². The van der Waals surface area contributed by atoms with Crippen LogP contribution in [0.15, 0.2) is 0 Å². The maximum atomic E-state index is 4.61. The van der Waals surface area contributed by atoms with Crippen LogP contribution in [0.25, 0.3) is 0 Å². The summed E-state index contributed by atoms with van der Waals surface area (Å²) in [6.07, 6.45) is 5.15. The van der Waals surface area contributed by atoms with Crippen LogP contribution in [0.4, 0.5) is 17.8 Å². The smallest absolute Gasteiger partial charge is 0.231 e. The van der Waals surface area contributed by atoms with Crippen molar-refractivity contribution in [3.8, 4) is 0 Å². The Morgan fingerprint density at radius 2 is 1.71 bits per heavy atom. The summed E-state index contributed by atoms with van der Waals surface area (Å²) >= 11 is 0. The van der Waals surface area contributed by atoms with Gasteiger partial charge in [-0.3, -0.25) is 0 Å². The topological polar surface area (TPSA) is 57.2 Å². The van der Waals surface area contributed by atoms with Gasteiger partial charge < -0.3 is 15.1 Å². The van der Waals surface area contributed by atoms with Gasteiger partial charge in [-0.25, -0.2) is 0 Å². The molecular weight excluding hydrogens is 264 g/mol. The maximum Gasteiger partial charge on any atom is 0.231 e. The van der Waals surface area contributed by atoms with E-state index in [1.54, 1.807) is 0 Å². The van der Waals surface area contributed by atoms with E-state index < -0.39 is 0 Å². The van der Waals surface area contributed by atoms with Crippen LogP contribution in [0.3, 0.4) is 0 Å². The lowest BCUT2D eigenvalue weighted by Crippen LogP contribution is -2.40. The van der Waals surface area contributed by atoms with Crippen LogP contribution < -0.4 is 15.1 Å². The Labute approximate surface area is 128 Å². The Hall–Kier alpha value is -1.59. The minimum atomic E-state index is 0.519. The van der Waals surface area contributed by atoms with E-state index in [-0.39, 0.29) is 0 Å². The van der Waals surface area contributed by atoms with E-state index in [4.69, 9.17) is 0 Å². The Balaban J connectivity index is 2.27. The molecule has 2 rings (SSSR count). The molecule has 2 atom stereocenters. The zero-order valence-corrected chi connectivity index (χ0v) is 13.9.